The highest BCUT2D eigenvalue weighted by atomic mass is 19.3. The van der Waals surface area contributed by atoms with E-state index >= 15 is 0 Å². The topological polar surface area (TPSA) is 36.0 Å². The largest absolute Gasteiger partial charge is 0.435 e. The fourth-order valence-electron chi connectivity index (χ4n) is 4.32. The molecule has 5 nitrogen and oxygen atoms in total. The van der Waals surface area contributed by atoms with E-state index in [1.807, 2.05) is 17.9 Å². The summed E-state index contributed by atoms with van der Waals surface area (Å²) in [7, 11) is 2.15. The molecule has 27 heavy (non-hydrogen) atoms. The fourth-order valence-corrected chi connectivity index (χ4v) is 4.32. The molecule has 1 spiro atoms. The molecule has 1 aromatic carbocycles. The van der Waals surface area contributed by atoms with Gasteiger partial charge < -0.3 is 9.64 Å². The zero-order valence-corrected chi connectivity index (χ0v) is 16.2. The predicted molar refractivity (Wildman–Crippen MR) is 99.8 cm³/mol. The number of carbonyl (C=O) groups is 1. The third-order valence-electron chi connectivity index (χ3n) is 5.99. The molecule has 150 valence electrons. The summed E-state index contributed by atoms with van der Waals surface area (Å²) in [4.78, 5) is 19.0. The van der Waals surface area contributed by atoms with Gasteiger partial charge in [-0.15, -0.1) is 0 Å². The van der Waals surface area contributed by atoms with Gasteiger partial charge in [0.1, 0.15) is 5.75 Å². The molecule has 3 rings (SSSR count). The summed E-state index contributed by atoms with van der Waals surface area (Å²) in [5, 5.41) is 0. The third-order valence-corrected chi connectivity index (χ3v) is 5.99. The monoisotopic (exact) mass is 381 g/mol. The molecule has 0 aliphatic carbocycles. The van der Waals surface area contributed by atoms with Gasteiger partial charge in [-0.3, -0.25) is 14.6 Å². The average Bonchev–Trinajstić information content (AvgIpc) is 2.78. The Bertz CT molecular complexity index is 658. The maximum atomic E-state index is 12.5. The molecule has 7 heteroatoms. The Morgan fingerprint density at radius 1 is 1.22 bits per heavy atom. The van der Waals surface area contributed by atoms with Crippen LogP contribution in [-0.2, 0) is 11.3 Å². The minimum absolute atomic E-state index is 0.00505. The van der Waals surface area contributed by atoms with Gasteiger partial charge in [0.05, 0.1) is 0 Å². The van der Waals surface area contributed by atoms with E-state index in [2.05, 4.69) is 21.6 Å². The number of nitrogens with zero attached hydrogens (tertiary/aromatic N) is 3. The number of hydrogen-bond acceptors (Lipinski definition) is 4. The first-order valence-corrected chi connectivity index (χ1v) is 9.67. The van der Waals surface area contributed by atoms with Crippen LogP contribution in [0.15, 0.2) is 24.3 Å². The van der Waals surface area contributed by atoms with Gasteiger partial charge in [0.25, 0.3) is 0 Å². The average molecular weight is 381 g/mol. The second-order valence-electron chi connectivity index (χ2n) is 7.61. The maximum Gasteiger partial charge on any atom is 0.387 e. The summed E-state index contributed by atoms with van der Waals surface area (Å²) in [5.74, 6) is 0.446. The number of likely N-dealkylation sites (tertiary alicyclic amines) is 1. The Hall–Kier alpha value is -1.73. The molecule has 0 bridgehead atoms. The van der Waals surface area contributed by atoms with Crippen molar-refractivity contribution in [1.29, 1.82) is 0 Å². The molecule has 0 N–H and O–H groups in total. The minimum atomic E-state index is -2.81. The molecule has 1 atom stereocenters. The van der Waals surface area contributed by atoms with E-state index in [1.54, 1.807) is 18.2 Å². The molecule has 2 aliphatic rings. The van der Waals surface area contributed by atoms with Crippen LogP contribution in [0.2, 0.25) is 0 Å². The van der Waals surface area contributed by atoms with E-state index in [0.717, 1.165) is 51.1 Å². The molecule has 2 heterocycles. The van der Waals surface area contributed by atoms with Crippen molar-refractivity contribution in [2.45, 2.75) is 44.9 Å². The van der Waals surface area contributed by atoms with Crippen LogP contribution in [0.5, 0.6) is 5.75 Å². The maximum absolute atomic E-state index is 12.5. The van der Waals surface area contributed by atoms with Crippen LogP contribution in [0.4, 0.5) is 8.78 Å². The molecule has 0 aromatic heterocycles. The summed E-state index contributed by atoms with van der Waals surface area (Å²) in [5.41, 5.74) is 0.960. The SMILES string of the molecule is CCN1CCC2(CCC1=O)CN(Cc1cccc(OC(F)F)c1)CCN2C. The van der Waals surface area contributed by atoms with Gasteiger partial charge in [-0.1, -0.05) is 12.1 Å². The lowest BCUT2D eigenvalue weighted by Gasteiger charge is -2.49. The molecular weight excluding hydrogens is 352 g/mol. The zero-order valence-electron chi connectivity index (χ0n) is 16.2. The zero-order chi connectivity index (χ0) is 19.4. The van der Waals surface area contributed by atoms with Crippen LogP contribution in [0.3, 0.4) is 0 Å². The lowest BCUT2D eigenvalue weighted by atomic mass is 9.86. The lowest BCUT2D eigenvalue weighted by Crippen LogP contribution is -2.60. The number of rotatable bonds is 5. The molecule has 0 saturated carbocycles. The second kappa shape index (κ2) is 8.52. The summed E-state index contributed by atoms with van der Waals surface area (Å²) in [6, 6.07) is 6.94. The standard InChI is InChI=1S/C20H29F2N3O2/c1-3-25-10-9-20(8-7-18(25)26)15-24(12-11-23(20)2)14-16-5-4-6-17(13-16)27-19(21)22/h4-6,13,19H,3,7-12,14-15H2,1-2H3. The van der Waals surface area contributed by atoms with Crippen LogP contribution >= 0.6 is 0 Å². The highest BCUT2D eigenvalue weighted by Gasteiger charge is 2.41. The van der Waals surface area contributed by atoms with Gasteiger partial charge in [0, 0.05) is 51.2 Å². The quantitative estimate of drug-likeness (QED) is 0.786. The van der Waals surface area contributed by atoms with Crippen molar-refractivity contribution in [2.24, 2.45) is 0 Å². The fraction of sp³-hybridized carbons (Fsp3) is 0.650. The Morgan fingerprint density at radius 3 is 2.78 bits per heavy atom. The first kappa shape index (κ1) is 20.0. The number of halogens is 2. The molecular formula is C20H29F2N3O2. The number of piperazine rings is 1. The molecule has 2 saturated heterocycles. The van der Waals surface area contributed by atoms with Crippen molar-refractivity contribution in [3.63, 3.8) is 0 Å². The van der Waals surface area contributed by atoms with Crippen LogP contribution in [0.1, 0.15) is 31.7 Å². The summed E-state index contributed by atoms with van der Waals surface area (Å²) >= 11 is 0. The number of benzene rings is 1. The number of carbonyl (C=O) groups excluding carboxylic acids is 1. The van der Waals surface area contributed by atoms with Crippen LogP contribution in [0.25, 0.3) is 0 Å². The number of ether oxygens (including phenoxy) is 1. The third kappa shape index (κ3) is 4.76. The second-order valence-corrected chi connectivity index (χ2v) is 7.61. The summed E-state index contributed by atoms with van der Waals surface area (Å²) < 4.78 is 29.4. The Kier molecular flexibility index (Phi) is 6.32. The van der Waals surface area contributed by atoms with Gasteiger partial charge in [-0.05, 0) is 44.5 Å². The smallest absolute Gasteiger partial charge is 0.387 e. The van der Waals surface area contributed by atoms with Crippen molar-refractivity contribution < 1.29 is 18.3 Å². The van der Waals surface area contributed by atoms with Crippen molar-refractivity contribution in [3.8, 4) is 5.75 Å². The van der Waals surface area contributed by atoms with Crippen molar-refractivity contribution in [3.05, 3.63) is 29.8 Å². The number of amides is 1. The molecule has 1 amide bonds. The summed E-state index contributed by atoms with van der Waals surface area (Å²) in [6.07, 6.45) is 2.42. The first-order valence-electron chi connectivity index (χ1n) is 9.67. The molecule has 2 aliphatic heterocycles. The predicted octanol–water partition coefficient (Wildman–Crippen LogP) is 2.81. The van der Waals surface area contributed by atoms with Gasteiger partial charge in [-0.25, -0.2) is 0 Å². The van der Waals surface area contributed by atoms with E-state index in [-0.39, 0.29) is 17.2 Å². The minimum Gasteiger partial charge on any atom is -0.435 e. The summed E-state index contributed by atoms with van der Waals surface area (Å²) in [6.45, 7) is 4.22. The van der Waals surface area contributed by atoms with E-state index in [9.17, 15) is 13.6 Å². The number of likely N-dealkylation sites (N-methyl/N-ethyl adjacent to an activating group) is 1. The Morgan fingerprint density at radius 2 is 2.04 bits per heavy atom. The van der Waals surface area contributed by atoms with Gasteiger partial charge in [0.15, 0.2) is 0 Å². The van der Waals surface area contributed by atoms with Crippen LogP contribution in [-0.4, -0.2) is 72.5 Å². The molecule has 1 unspecified atom stereocenters. The van der Waals surface area contributed by atoms with Crippen molar-refractivity contribution >= 4 is 5.91 Å². The molecule has 2 fully saturated rings. The van der Waals surface area contributed by atoms with Crippen molar-refractivity contribution in [1.82, 2.24) is 14.7 Å². The van der Waals surface area contributed by atoms with Crippen molar-refractivity contribution in [2.75, 3.05) is 39.8 Å². The van der Waals surface area contributed by atoms with Crippen LogP contribution in [0, 0.1) is 0 Å². The van der Waals surface area contributed by atoms with Gasteiger partial charge in [-0.2, -0.15) is 8.78 Å². The van der Waals surface area contributed by atoms with E-state index < -0.39 is 6.61 Å². The van der Waals surface area contributed by atoms with Gasteiger partial charge in [0.2, 0.25) is 5.91 Å². The lowest BCUT2D eigenvalue weighted by molar-refractivity contribution is -0.130. The Balaban J connectivity index is 1.69. The van der Waals surface area contributed by atoms with E-state index in [0.29, 0.717) is 13.0 Å². The number of alkyl halides is 2. The molecule has 1 aromatic rings. The van der Waals surface area contributed by atoms with Crippen LogP contribution < -0.4 is 4.74 Å². The highest BCUT2D eigenvalue weighted by molar-refractivity contribution is 5.76. The Labute approximate surface area is 159 Å². The normalized spacial score (nSPS) is 25.2. The van der Waals surface area contributed by atoms with E-state index in [4.69, 9.17) is 0 Å². The van der Waals surface area contributed by atoms with E-state index in [1.165, 1.54) is 0 Å². The molecule has 0 radical (unpaired) electrons. The highest BCUT2D eigenvalue weighted by Crippen LogP contribution is 2.32. The van der Waals surface area contributed by atoms with Gasteiger partial charge >= 0.3 is 6.61 Å². The number of hydrogen-bond donors (Lipinski definition) is 0. The first-order chi connectivity index (χ1) is 12.9.